The molecule has 3 nitrogen and oxygen atoms in total. The summed E-state index contributed by atoms with van der Waals surface area (Å²) in [6, 6.07) is 0. The predicted molar refractivity (Wildman–Crippen MR) is 101 cm³/mol. The van der Waals surface area contributed by atoms with Crippen LogP contribution in [0, 0.1) is 34.5 Å². The van der Waals surface area contributed by atoms with Crippen LogP contribution in [-0.4, -0.2) is 18.4 Å². The number of ether oxygens (including phenoxy) is 1. The first-order chi connectivity index (χ1) is 12.4. The molecule has 3 heteroatoms. The lowest BCUT2D eigenvalue weighted by Crippen LogP contribution is -2.50. The number of hydrogen-bond acceptors (Lipinski definition) is 3. The molecule has 0 aliphatic heterocycles. The van der Waals surface area contributed by atoms with Gasteiger partial charge >= 0.3 is 5.97 Å². The maximum absolute atomic E-state index is 11.4. The lowest BCUT2D eigenvalue weighted by atomic mass is 9.47. The summed E-state index contributed by atoms with van der Waals surface area (Å²) in [6.45, 7) is 6.49. The third-order valence-corrected chi connectivity index (χ3v) is 8.97. The van der Waals surface area contributed by atoms with E-state index in [0.717, 1.165) is 49.7 Å². The highest BCUT2D eigenvalue weighted by molar-refractivity contribution is 5.66. The van der Waals surface area contributed by atoms with E-state index in [4.69, 9.17) is 4.74 Å². The minimum atomic E-state index is -0.145. The van der Waals surface area contributed by atoms with Gasteiger partial charge in [0.05, 0.1) is 0 Å². The van der Waals surface area contributed by atoms with Crippen molar-refractivity contribution in [3.63, 3.8) is 0 Å². The molecule has 0 spiro atoms. The van der Waals surface area contributed by atoms with Crippen molar-refractivity contribution in [2.45, 2.75) is 84.7 Å². The summed E-state index contributed by atoms with van der Waals surface area (Å²) in [5, 5.41) is 0. The van der Waals surface area contributed by atoms with E-state index in [1.54, 1.807) is 5.57 Å². The highest BCUT2D eigenvalue weighted by Gasteiger charge is 2.58. The lowest BCUT2D eigenvalue weighted by molar-refractivity contribution is -0.148. The minimum Gasteiger partial charge on any atom is -0.462 e. The maximum Gasteiger partial charge on any atom is 0.302 e. The molecule has 0 N–H and O–H groups in total. The second kappa shape index (κ2) is 6.49. The molecule has 0 bridgehead atoms. The Bertz CT molecular complexity index is 623. The molecular weight excluding hydrogens is 324 g/mol. The third kappa shape index (κ3) is 2.68. The van der Waals surface area contributed by atoms with Gasteiger partial charge in [-0.25, -0.2) is 0 Å². The summed E-state index contributed by atoms with van der Waals surface area (Å²) < 4.78 is 5.53. The van der Waals surface area contributed by atoms with Crippen molar-refractivity contribution >= 4 is 12.3 Å². The SMILES string of the molecule is CC(=O)OC1CCC2(C)C(=CCC3C2CCC2(C)C(CC=O)CCC32)C1. The van der Waals surface area contributed by atoms with Crippen molar-refractivity contribution in [2.75, 3.05) is 0 Å². The van der Waals surface area contributed by atoms with E-state index >= 15 is 0 Å². The van der Waals surface area contributed by atoms with Gasteiger partial charge in [-0.3, -0.25) is 4.79 Å². The summed E-state index contributed by atoms with van der Waals surface area (Å²) in [5.74, 6) is 2.79. The van der Waals surface area contributed by atoms with E-state index in [1.807, 2.05) is 0 Å². The standard InChI is InChI=1S/C23H34O3/c1-15(25)26-18-8-11-23(3)17(14-18)4-6-19-20-7-5-16(10-13-24)22(20,2)12-9-21(19)23/h4,13,16,18-21H,5-12,14H2,1-3H3. The van der Waals surface area contributed by atoms with E-state index in [-0.39, 0.29) is 12.1 Å². The summed E-state index contributed by atoms with van der Waals surface area (Å²) >= 11 is 0. The Balaban J connectivity index is 1.57. The van der Waals surface area contributed by atoms with E-state index in [0.29, 0.717) is 16.7 Å². The van der Waals surface area contributed by atoms with Gasteiger partial charge < -0.3 is 9.53 Å². The van der Waals surface area contributed by atoms with Gasteiger partial charge in [-0.1, -0.05) is 25.5 Å². The molecule has 4 aliphatic carbocycles. The van der Waals surface area contributed by atoms with E-state index in [2.05, 4.69) is 19.9 Å². The van der Waals surface area contributed by atoms with Gasteiger partial charge in [0.15, 0.2) is 0 Å². The number of hydrogen-bond donors (Lipinski definition) is 0. The quantitative estimate of drug-likeness (QED) is 0.401. The summed E-state index contributed by atoms with van der Waals surface area (Å²) in [4.78, 5) is 22.5. The lowest BCUT2D eigenvalue weighted by Gasteiger charge is -2.58. The molecule has 7 atom stereocenters. The Kier molecular flexibility index (Phi) is 4.56. The molecule has 0 amide bonds. The van der Waals surface area contributed by atoms with Crippen LogP contribution >= 0.6 is 0 Å². The fourth-order valence-corrected chi connectivity index (χ4v) is 7.57. The van der Waals surface area contributed by atoms with Gasteiger partial charge in [-0.15, -0.1) is 0 Å². The van der Waals surface area contributed by atoms with Gasteiger partial charge in [-0.05, 0) is 79.4 Å². The molecule has 3 saturated carbocycles. The van der Waals surface area contributed by atoms with Crippen molar-refractivity contribution in [2.24, 2.45) is 34.5 Å². The first-order valence-corrected chi connectivity index (χ1v) is 10.7. The number of rotatable bonds is 3. The summed E-state index contributed by atoms with van der Waals surface area (Å²) in [7, 11) is 0. The minimum absolute atomic E-state index is 0.0840. The number of esters is 1. The molecule has 4 aliphatic rings. The molecule has 0 heterocycles. The first-order valence-electron chi connectivity index (χ1n) is 10.7. The van der Waals surface area contributed by atoms with Crippen LogP contribution in [0.1, 0.15) is 78.6 Å². The van der Waals surface area contributed by atoms with Gasteiger partial charge in [0, 0.05) is 19.8 Å². The van der Waals surface area contributed by atoms with Gasteiger partial charge in [0.2, 0.25) is 0 Å². The van der Waals surface area contributed by atoms with E-state index < -0.39 is 0 Å². The van der Waals surface area contributed by atoms with Gasteiger partial charge in [0.25, 0.3) is 0 Å². The molecule has 144 valence electrons. The fraction of sp³-hybridized carbons (Fsp3) is 0.826. The summed E-state index contributed by atoms with van der Waals surface area (Å²) in [5.41, 5.74) is 2.23. The van der Waals surface area contributed by atoms with Crippen molar-refractivity contribution in [3.05, 3.63) is 11.6 Å². The highest BCUT2D eigenvalue weighted by Crippen LogP contribution is 2.66. The van der Waals surface area contributed by atoms with Crippen LogP contribution in [0.4, 0.5) is 0 Å². The van der Waals surface area contributed by atoms with Gasteiger partial charge in [0.1, 0.15) is 12.4 Å². The van der Waals surface area contributed by atoms with E-state index in [9.17, 15) is 9.59 Å². The second-order valence-electron chi connectivity index (χ2n) is 9.95. The zero-order chi connectivity index (χ0) is 18.5. The Labute approximate surface area is 157 Å². The molecular formula is C23H34O3. The maximum atomic E-state index is 11.4. The Hall–Kier alpha value is -1.12. The number of carbonyl (C=O) groups excluding carboxylic acids is 2. The third-order valence-electron chi connectivity index (χ3n) is 8.97. The van der Waals surface area contributed by atoms with E-state index in [1.165, 1.54) is 39.0 Å². The number of allylic oxidation sites excluding steroid dienone is 1. The van der Waals surface area contributed by atoms with Crippen LogP contribution in [0.25, 0.3) is 0 Å². The Morgan fingerprint density at radius 2 is 2.00 bits per heavy atom. The molecule has 0 aromatic rings. The highest BCUT2D eigenvalue weighted by atomic mass is 16.5. The van der Waals surface area contributed by atoms with Crippen molar-refractivity contribution < 1.29 is 14.3 Å². The molecule has 0 saturated heterocycles. The normalized spacial score (nSPS) is 47.2. The van der Waals surface area contributed by atoms with Crippen LogP contribution in [0.5, 0.6) is 0 Å². The first kappa shape index (κ1) is 18.3. The number of aldehydes is 1. The Morgan fingerprint density at radius 3 is 2.73 bits per heavy atom. The van der Waals surface area contributed by atoms with Crippen LogP contribution in [0.2, 0.25) is 0 Å². The second-order valence-corrected chi connectivity index (χ2v) is 9.95. The topological polar surface area (TPSA) is 43.4 Å². The smallest absolute Gasteiger partial charge is 0.302 e. The monoisotopic (exact) mass is 358 g/mol. The van der Waals surface area contributed by atoms with Crippen molar-refractivity contribution in [3.8, 4) is 0 Å². The molecule has 0 aromatic heterocycles. The molecule has 3 fully saturated rings. The predicted octanol–water partition coefficient (Wildman–Crippen LogP) is 5.09. The number of fused-ring (bicyclic) bond motifs is 5. The Morgan fingerprint density at radius 1 is 1.19 bits per heavy atom. The van der Waals surface area contributed by atoms with Crippen LogP contribution in [0.15, 0.2) is 11.6 Å². The largest absolute Gasteiger partial charge is 0.462 e. The molecule has 4 rings (SSSR count). The molecule has 0 radical (unpaired) electrons. The zero-order valence-electron chi connectivity index (χ0n) is 16.6. The zero-order valence-corrected chi connectivity index (χ0v) is 16.6. The molecule has 7 unspecified atom stereocenters. The van der Waals surface area contributed by atoms with Crippen LogP contribution < -0.4 is 0 Å². The van der Waals surface area contributed by atoms with Gasteiger partial charge in [-0.2, -0.15) is 0 Å². The fourth-order valence-electron chi connectivity index (χ4n) is 7.57. The van der Waals surface area contributed by atoms with Crippen LogP contribution in [0.3, 0.4) is 0 Å². The molecule has 0 aromatic carbocycles. The van der Waals surface area contributed by atoms with Crippen molar-refractivity contribution in [1.29, 1.82) is 0 Å². The molecule has 26 heavy (non-hydrogen) atoms. The summed E-state index contributed by atoms with van der Waals surface area (Å²) in [6.07, 6.45) is 13.9. The average Bonchev–Trinajstić information content (AvgIpc) is 2.92. The van der Waals surface area contributed by atoms with Crippen molar-refractivity contribution in [1.82, 2.24) is 0 Å². The average molecular weight is 359 g/mol. The number of carbonyl (C=O) groups is 2. The van der Waals surface area contributed by atoms with Crippen LogP contribution in [-0.2, 0) is 14.3 Å².